The van der Waals surface area contributed by atoms with Crippen LogP contribution < -0.4 is 14.8 Å². The fourth-order valence-corrected chi connectivity index (χ4v) is 1.96. The first-order valence-electron chi connectivity index (χ1n) is 5.84. The minimum atomic E-state index is -0.519. The molecule has 1 N–H and O–H groups in total. The van der Waals surface area contributed by atoms with E-state index >= 15 is 0 Å². The number of methoxy groups -OCH3 is 2. The van der Waals surface area contributed by atoms with Crippen LogP contribution in [0.4, 0.5) is 17.2 Å². The number of benzene rings is 1. The quantitative estimate of drug-likeness (QED) is 0.673. The third-order valence-corrected chi connectivity index (χ3v) is 3.01. The standard InChI is InChI=1S/C13H12ClN3O4/c1-20-11-7-9(12(21-2)6-8(11)14)16-13-10(17(18)19)4-3-5-15-13/h3-7H,1-2H3,(H,15,16). The molecule has 0 aliphatic heterocycles. The summed E-state index contributed by atoms with van der Waals surface area (Å²) >= 11 is 6.01. The van der Waals surface area contributed by atoms with Crippen LogP contribution >= 0.6 is 11.6 Å². The monoisotopic (exact) mass is 309 g/mol. The Morgan fingerprint density at radius 2 is 2.00 bits per heavy atom. The lowest BCUT2D eigenvalue weighted by Crippen LogP contribution is -2.01. The topological polar surface area (TPSA) is 86.5 Å². The number of aromatic nitrogens is 1. The fourth-order valence-electron chi connectivity index (χ4n) is 1.73. The van der Waals surface area contributed by atoms with Gasteiger partial charge >= 0.3 is 5.69 Å². The second-order valence-electron chi connectivity index (χ2n) is 3.94. The van der Waals surface area contributed by atoms with Gasteiger partial charge in [-0.3, -0.25) is 10.1 Å². The second-order valence-corrected chi connectivity index (χ2v) is 4.35. The lowest BCUT2D eigenvalue weighted by molar-refractivity contribution is -0.384. The third kappa shape index (κ3) is 3.14. The minimum absolute atomic E-state index is 0.102. The predicted molar refractivity (Wildman–Crippen MR) is 78.7 cm³/mol. The third-order valence-electron chi connectivity index (χ3n) is 2.71. The van der Waals surface area contributed by atoms with Crippen molar-refractivity contribution in [3.63, 3.8) is 0 Å². The van der Waals surface area contributed by atoms with Crippen molar-refractivity contribution < 1.29 is 14.4 Å². The smallest absolute Gasteiger partial charge is 0.311 e. The lowest BCUT2D eigenvalue weighted by Gasteiger charge is -2.13. The number of ether oxygens (including phenoxy) is 2. The molecule has 8 heteroatoms. The maximum atomic E-state index is 11.0. The summed E-state index contributed by atoms with van der Waals surface area (Å²) in [6.45, 7) is 0. The van der Waals surface area contributed by atoms with Gasteiger partial charge in [0.05, 0.1) is 29.9 Å². The molecule has 1 aromatic heterocycles. The Kier molecular flexibility index (Phi) is 4.44. The van der Waals surface area contributed by atoms with Crippen LogP contribution in [0, 0.1) is 10.1 Å². The Labute approximate surface area is 125 Å². The Morgan fingerprint density at radius 3 is 2.62 bits per heavy atom. The molecule has 0 amide bonds. The summed E-state index contributed by atoms with van der Waals surface area (Å²) in [4.78, 5) is 14.4. The van der Waals surface area contributed by atoms with Gasteiger partial charge in [-0.05, 0) is 6.07 Å². The maximum absolute atomic E-state index is 11.0. The van der Waals surface area contributed by atoms with Crippen LogP contribution in [0.15, 0.2) is 30.5 Å². The molecule has 0 bridgehead atoms. The number of rotatable bonds is 5. The average Bonchev–Trinajstić information content (AvgIpc) is 2.48. The molecule has 0 atom stereocenters. The van der Waals surface area contributed by atoms with Gasteiger partial charge in [-0.2, -0.15) is 0 Å². The van der Waals surface area contributed by atoms with Crippen LogP contribution in [0.1, 0.15) is 0 Å². The number of nitrogens with one attached hydrogen (secondary N) is 1. The summed E-state index contributed by atoms with van der Waals surface area (Å²) in [5, 5.41) is 14.2. The lowest BCUT2D eigenvalue weighted by atomic mass is 10.2. The van der Waals surface area contributed by atoms with E-state index in [1.807, 2.05) is 0 Å². The molecular weight excluding hydrogens is 298 g/mol. The van der Waals surface area contributed by atoms with E-state index in [1.54, 1.807) is 12.1 Å². The van der Waals surface area contributed by atoms with Crippen LogP contribution in [-0.4, -0.2) is 24.1 Å². The van der Waals surface area contributed by atoms with Crippen LogP contribution in [0.25, 0.3) is 0 Å². The zero-order valence-electron chi connectivity index (χ0n) is 11.3. The van der Waals surface area contributed by atoms with Gasteiger partial charge in [0, 0.05) is 24.4 Å². The summed E-state index contributed by atoms with van der Waals surface area (Å²) in [6.07, 6.45) is 1.45. The number of nitrogens with zero attached hydrogens (tertiary/aromatic N) is 2. The first-order valence-corrected chi connectivity index (χ1v) is 6.22. The van der Waals surface area contributed by atoms with Crippen LogP contribution in [0.2, 0.25) is 5.02 Å². The van der Waals surface area contributed by atoms with Gasteiger partial charge in [0.1, 0.15) is 11.5 Å². The molecule has 2 aromatic rings. The van der Waals surface area contributed by atoms with Crippen molar-refractivity contribution in [2.24, 2.45) is 0 Å². The number of hydrogen-bond acceptors (Lipinski definition) is 6. The van der Waals surface area contributed by atoms with Crippen molar-refractivity contribution in [3.8, 4) is 11.5 Å². The van der Waals surface area contributed by atoms with Crippen molar-refractivity contribution in [1.82, 2.24) is 4.98 Å². The SMILES string of the molecule is COc1cc(Nc2ncccc2[N+](=O)[O-])c(OC)cc1Cl. The van der Waals surface area contributed by atoms with Crippen LogP contribution in [0.3, 0.4) is 0 Å². The summed E-state index contributed by atoms with van der Waals surface area (Å²) < 4.78 is 10.3. The minimum Gasteiger partial charge on any atom is -0.495 e. The molecule has 0 saturated carbocycles. The number of pyridine rings is 1. The first kappa shape index (κ1) is 14.9. The molecule has 0 radical (unpaired) electrons. The molecule has 0 fully saturated rings. The van der Waals surface area contributed by atoms with Gasteiger partial charge in [-0.15, -0.1) is 0 Å². The largest absolute Gasteiger partial charge is 0.495 e. The Morgan fingerprint density at radius 1 is 1.29 bits per heavy atom. The van der Waals surface area contributed by atoms with Crippen LogP contribution in [0.5, 0.6) is 11.5 Å². The maximum Gasteiger partial charge on any atom is 0.311 e. The normalized spacial score (nSPS) is 10.0. The molecule has 0 saturated heterocycles. The van der Waals surface area contributed by atoms with E-state index in [0.29, 0.717) is 22.2 Å². The molecule has 1 heterocycles. The van der Waals surface area contributed by atoms with E-state index in [1.165, 1.54) is 32.5 Å². The Hall–Kier alpha value is -2.54. The Bertz CT molecular complexity index is 678. The van der Waals surface area contributed by atoms with Gasteiger partial charge in [0.15, 0.2) is 0 Å². The Balaban J connectivity index is 2.46. The summed E-state index contributed by atoms with van der Waals surface area (Å²) in [7, 11) is 2.94. The van der Waals surface area contributed by atoms with Crippen molar-refractivity contribution in [1.29, 1.82) is 0 Å². The number of halogens is 1. The highest BCUT2D eigenvalue weighted by molar-refractivity contribution is 6.32. The van der Waals surface area contributed by atoms with E-state index in [2.05, 4.69) is 10.3 Å². The number of hydrogen-bond donors (Lipinski definition) is 1. The highest BCUT2D eigenvalue weighted by atomic mass is 35.5. The van der Waals surface area contributed by atoms with Crippen molar-refractivity contribution >= 4 is 28.8 Å². The van der Waals surface area contributed by atoms with Gasteiger partial charge in [-0.25, -0.2) is 4.98 Å². The molecule has 2 rings (SSSR count). The fraction of sp³-hybridized carbons (Fsp3) is 0.154. The van der Waals surface area contributed by atoms with Gasteiger partial charge in [-0.1, -0.05) is 11.6 Å². The van der Waals surface area contributed by atoms with Crippen molar-refractivity contribution in [3.05, 3.63) is 45.6 Å². The molecule has 21 heavy (non-hydrogen) atoms. The molecule has 110 valence electrons. The molecule has 7 nitrogen and oxygen atoms in total. The predicted octanol–water partition coefficient (Wildman–Crippen LogP) is 3.40. The number of anilines is 2. The van der Waals surface area contributed by atoms with E-state index < -0.39 is 4.92 Å². The van der Waals surface area contributed by atoms with Crippen molar-refractivity contribution in [2.75, 3.05) is 19.5 Å². The zero-order valence-corrected chi connectivity index (χ0v) is 12.0. The van der Waals surface area contributed by atoms with E-state index in [0.717, 1.165) is 0 Å². The molecule has 0 spiro atoms. The zero-order chi connectivity index (χ0) is 15.4. The van der Waals surface area contributed by atoms with E-state index in [-0.39, 0.29) is 11.5 Å². The summed E-state index contributed by atoms with van der Waals surface area (Å²) in [6, 6.07) is 5.98. The molecule has 0 aliphatic rings. The molecule has 1 aromatic carbocycles. The molecule has 0 aliphatic carbocycles. The van der Waals surface area contributed by atoms with Gasteiger partial charge in [0.2, 0.25) is 5.82 Å². The van der Waals surface area contributed by atoms with Crippen molar-refractivity contribution in [2.45, 2.75) is 0 Å². The van der Waals surface area contributed by atoms with Gasteiger partial charge < -0.3 is 14.8 Å². The number of nitro groups is 1. The molecule has 0 unspecified atom stereocenters. The van der Waals surface area contributed by atoms with Gasteiger partial charge in [0.25, 0.3) is 0 Å². The van der Waals surface area contributed by atoms with Crippen LogP contribution in [-0.2, 0) is 0 Å². The first-order chi connectivity index (χ1) is 10.1. The van der Waals surface area contributed by atoms with E-state index in [4.69, 9.17) is 21.1 Å². The average molecular weight is 310 g/mol. The summed E-state index contributed by atoms with van der Waals surface area (Å²) in [5.74, 6) is 0.935. The molecular formula is C13H12ClN3O4. The van der Waals surface area contributed by atoms with E-state index in [9.17, 15) is 10.1 Å². The second kappa shape index (κ2) is 6.27. The summed E-state index contributed by atoms with van der Waals surface area (Å²) in [5.41, 5.74) is 0.314. The highest BCUT2D eigenvalue weighted by Gasteiger charge is 2.17. The highest BCUT2D eigenvalue weighted by Crippen LogP contribution is 2.38.